The van der Waals surface area contributed by atoms with Crippen LogP contribution in [-0.2, 0) is 4.79 Å². The van der Waals surface area contributed by atoms with Crippen LogP contribution in [0.4, 0.5) is 11.7 Å². The van der Waals surface area contributed by atoms with Crippen LogP contribution in [0.5, 0.6) is 0 Å². The largest absolute Gasteiger partial charge is 0.432 e. The van der Waals surface area contributed by atoms with E-state index in [1.165, 1.54) is 12.3 Å². The zero-order valence-electron chi connectivity index (χ0n) is 9.88. The van der Waals surface area contributed by atoms with Gasteiger partial charge in [0.25, 0.3) is 5.91 Å². The molecule has 0 spiro atoms. The molecule has 0 fully saturated rings. The molecule has 1 aromatic carbocycles. The monoisotopic (exact) mass is 243 g/mol. The Morgan fingerprint density at radius 1 is 1.50 bits per heavy atom. The van der Waals surface area contributed by atoms with Gasteiger partial charge in [-0.1, -0.05) is 12.1 Å². The molecule has 0 bridgehead atoms. The fourth-order valence-corrected chi connectivity index (χ4v) is 1.39. The molecule has 1 heterocycles. The number of carbonyl (C=O) groups is 1. The zero-order chi connectivity index (χ0) is 13.0. The average molecular weight is 243 g/mol. The lowest BCUT2D eigenvalue weighted by Gasteiger charge is -1.96. The summed E-state index contributed by atoms with van der Waals surface area (Å²) >= 11 is 0. The lowest BCUT2D eigenvalue weighted by molar-refractivity contribution is -0.112. The van der Waals surface area contributed by atoms with Crippen LogP contribution in [0, 0.1) is 6.92 Å². The van der Waals surface area contributed by atoms with Crippen molar-refractivity contribution in [2.24, 2.45) is 0 Å². The van der Waals surface area contributed by atoms with E-state index < -0.39 is 0 Å². The van der Waals surface area contributed by atoms with Crippen molar-refractivity contribution in [2.45, 2.75) is 6.92 Å². The van der Waals surface area contributed by atoms with Gasteiger partial charge >= 0.3 is 6.01 Å². The van der Waals surface area contributed by atoms with Crippen LogP contribution in [0.3, 0.4) is 0 Å². The number of nitrogens with zero attached hydrogens (tertiary/aromatic N) is 1. The number of hydrogen-bond donors (Lipinski definition) is 2. The number of anilines is 2. The first-order valence-corrected chi connectivity index (χ1v) is 5.40. The van der Waals surface area contributed by atoms with Gasteiger partial charge in [0.1, 0.15) is 6.26 Å². The summed E-state index contributed by atoms with van der Waals surface area (Å²) in [5.41, 5.74) is 7.85. The predicted octanol–water partition coefficient (Wildman–Crippen LogP) is 2.22. The molecule has 3 N–H and O–H groups in total. The van der Waals surface area contributed by atoms with Crippen molar-refractivity contribution in [2.75, 3.05) is 11.1 Å². The molecule has 0 aliphatic carbocycles. The number of hydrogen-bond acceptors (Lipinski definition) is 4. The normalized spacial score (nSPS) is 10.7. The molecular formula is C13H13N3O2. The van der Waals surface area contributed by atoms with E-state index in [0.29, 0.717) is 11.4 Å². The Balaban J connectivity index is 1.99. The van der Waals surface area contributed by atoms with E-state index in [1.54, 1.807) is 25.1 Å². The summed E-state index contributed by atoms with van der Waals surface area (Å²) in [6.07, 6.45) is 4.53. The predicted molar refractivity (Wildman–Crippen MR) is 69.8 cm³/mol. The Hall–Kier alpha value is -2.56. The third-order valence-corrected chi connectivity index (χ3v) is 2.19. The highest BCUT2D eigenvalue weighted by atomic mass is 16.4. The zero-order valence-corrected chi connectivity index (χ0v) is 9.88. The van der Waals surface area contributed by atoms with Crippen molar-refractivity contribution in [3.05, 3.63) is 47.9 Å². The van der Waals surface area contributed by atoms with Crippen LogP contribution >= 0.6 is 0 Å². The number of nitrogen functional groups attached to an aromatic ring is 1. The standard InChI is InChI=1S/C13H13N3O2/c1-9-8-18-13(15-9)16-12(17)6-5-10-3-2-4-11(14)7-10/h2-8H,14H2,1H3,(H,15,16,17)/b6-5+. The lowest BCUT2D eigenvalue weighted by atomic mass is 10.2. The van der Waals surface area contributed by atoms with Gasteiger partial charge in [0.2, 0.25) is 0 Å². The molecule has 0 unspecified atom stereocenters. The molecule has 0 atom stereocenters. The molecule has 2 rings (SSSR count). The summed E-state index contributed by atoms with van der Waals surface area (Å²) in [5, 5.41) is 2.51. The minimum Gasteiger partial charge on any atom is -0.432 e. The van der Waals surface area contributed by atoms with Gasteiger partial charge in [-0.2, -0.15) is 4.98 Å². The molecule has 1 amide bonds. The van der Waals surface area contributed by atoms with Crippen LogP contribution < -0.4 is 11.1 Å². The fourth-order valence-electron chi connectivity index (χ4n) is 1.39. The molecule has 0 saturated carbocycles. The van der Waals surface area contributed by atoms with E-state index >= 15 is 0 Å². The maximum atomic E-state index is 11.6. The molecule has 2 aromatic rings. The number of aromatic nitrogens is 1. The Kier molecular flexibility index (Phi) is 3.43. The summed E-state index contributed by atoms with van der Waals surface area (Å²) in [6.45, 7) is 1.78. The van der Waals surface area contributed by atoms with E-state index in [1.807, 2.05) is 12.1 Å². The number of benzene rings is 1. The minimum atomic E-state index is -0.306. The first-order chi connectivity index (χ1) is 8.63. The van der Waals surface area contributed by atoms with Gasteiger partial charge in [0, 0.05) is 11.8 Å². The topological polar surface area (TPSA) is 81.2 Å². The molecule has 0 saturated heterocycles. The summed E-state index contributed by atoms with van der Waals surface area (Å²) in [4.78, 5) is 15.5. The number of nitrogens with two attached hydrogens (primary N) is 1. The van der Waals surface area contributed by atoms with Gasteiger partial charge in [0.05, 0.1) is 5.69 Å². The highest BCUT2D eigenvalue weighted by molar-refractivity contribution is 6.00. The summed E-state index contributed by atoms with van der Waals surface area (Å²) in [6, 6.07) is 7.43. The molecule has 5 nitrogen and oxygen atoms in total. The summed E-state index contributed by atoms with van der Waals surface area (Å²) in [7, 11) is 0. The Labute approximate surface area is 104 Å². The number of oxazole rings is 1. The maximum Gasteiger partial charge on any atom is 0.301 e. The lowest BCUT2D eigenvalue weighted by Crippen LogP contribution is -2.07. The van der Waals surface area contributed by atoms with Crippen molar-refractivity contribution >= 4 is 23.7 Å². The van der Waals surface area contributed by atoms with Gasteiger partial charge < -0.3 is 10.2 Å². The van der Waals surface area contributed by atoms with Crippen molar-refractivity contribution in [3.63, 3.8) is 0 Å². The minimum absolute atomic E-state index is 0.190. The summed E-state index contributed by atoms with van der Waals surface area (Å²) < 4.78 is 5.01. The number of aryl methyl sites for hydroxylation is 1. The second-order valence-corrected chi connectivity index (χ2v) is 3.79. The van der Waals surface area contributed by atoms with Crippen LogP contribution in [0.15, 0.2) is 41.0 Å². The van der Waals surface area contributed by atoms with Crippen LogP contribution in [0.25, 0.3) is 6.08 Å². The van der Waals surface area contributed by atoms with Crippen molar-refractivity contribution in [3.8, 4) is 0 Å². The average Bonchev–Trinajstić information content (AvgIpc) is 2.72. The van der Waals surface area contributed by atoms with Gasteiger partial charge in [-0.25, -0.2) is 0 Å². The van der Waals surface area contributed by atoms with E-state index in [-0.39, 0.29) is 11.9 Å². The molecule has 5 heteroatoms. The Bertz CT molecular complexity index is 587. The van der Waals surface area contributed by atoms with E-state index in [0.717, 1.165) is 5.56 Å². The molecule has 0 aliphatic rings. The van der Waals surface area contributed by atoms with Crippen molar-refractivity contribution in [1.29, 1.82) is 0 Å². The Morgan fingerprint density at radius 2 is 2.33 bits per heavy atom. The first-order valence-electron chi connectivity index (χ1n) is 5.40. The first kappa shape index (κ1) is 11.9. The second kappa shape index (κ2) is 5.18. The van der Waals surface area contributed by atoms with Crippen molar-refractivity contribution < 1.29 is 9.21 Å². The number of amides is 1. The number of carbonyl (C=O) groups excluding carboxylic acids is 1. The molecular weight excluding hydrogens is 230 g/mol. The van der Waals surface area contributed by atoms with Gasteiger partial charge in [-0.15, -0.1) is 0 Å². The SMILES string of the molecule is Cc1coc(NC(=O)/C=C/c2cccc(N)c2)n1. The molecule has 92 valence electrons. The van der Waals surface area contributed by atoms with E-state index in [4.69, 9.17) is 10.2 Å². The molecule has 0 radical (unpaired) electrons. The van der Waals surface area contributed by atoms with Gasteiger partial charge in [-0.3, -0.25) is 10.1 Å². The Morgan fingerprint density at radius 3 is 3.00 bits per heavy atom. The van der Waals surface area contributed by atoms with Gasteiger partial charge in [-0.05, 0) is 30.7 Å². The van der Waals surface area contributed by atoms with Crippen LogP contribution in [0.2, 0.25) is 0 Å². The highest BCUT2D eigenvalue weighted by Crippen LogP contribution is 2.09. The molecule has 1 aromatic heterocycles. The third kappa shape index (κ3) is 3.21. The summed E-state index contributed by atoms with van der Waals surface area (Å²) in [5.74, 6) is -0.306. The van der Waals surface area contributed by atoms with Crippen LogP contribution in [0.1, 0.15) is 11.3 Å². The molecule has 18 heavy (non-hydrogen) atoms. The van der Waals surface area contributed by atoms with E-state index in [2.05, 4.69) is 10.3 Å². The smallest absolute Gasteiger partial charge is 0.301 e. The van der Waals surface area contributed by atoms with E-state index in [9.17, 15) is 4.79 Å². The molecule has 0 aliphatic heterocycles. The quantitative estimate of drug-likeness (QED) is 0.639. The van der Waals surface area contributed by atoms with Gasteiger partial charge in [0.15, 0.2) is 0 Å². The second-order valence-electron chi connectivity index (χ2n) is 3.79. The highest BCUT2D eigenvalue weighted by Gasteiger charge is 2.02. The fraction of sp³-hybridized carbons (Fsp3) is 0.0769. The maximum absolute atomic E-state index is 11.6. The third-order valence-electron chi connectivity index (χ3n) is 2.19. The number of rotatable bonds is 3. The van der Waals surface area contributed by atoms with Crippen LogP contribution in [-0.4, -0.2) is 10.9 Å². The number of nitrogens with one attached hydrogen (secondary N) is 1. The van der Waals surface area contributed by atoms with Crippen molar-refractivity contribution in [1.82, 2.24) is 4.98 Å².